The number of hydrogen-bond donors (Lipinski definition) is 2. The molecular formula is C22H31N5O2. The van der Waals surface area contributed by atoms with Gasteiger partial charge < -0.3 is 20.3 Å². The lowest BCUT2D eigenvalue weighted by Gasteiger charge is -2.29. The van der Waals surface area contributed by atoms with Crippen molar-refractivity contribution < 1.29 is 9.53 Å². The van der Waals surface area contributed by atoms with E-state index >= 15 is 0 Å². The first-order valence-corrected chi connectivity index (χ1v) is 10.7. The van der Waals surface area contributed by atoms with Gasteiger partial charge in [-0.2, -0.15) is 4.98 Å². The summed E-state index contributed by atoms with van der Waals surface area (Å²) in [4.78, 5) is 23.7. The smallest absolute Gasteiger partial charge is 0.225 e. The molecule has 1 aliphatic heterocycles. The molecule has 156 valence electrons. The van der Waals surface area contributed by atoms with Gasteiger partial charge in [-0.3, -0.25) is 4.79 Å². The summed E-state index contributed by atoms with van der Waals surface area (Å²) in [6.07, 6.45) is 5.20. The Morgan fingerprint density at radius 2 is 1.93 bits per heavy atom. The van der Waals surface area contributed by atoms with Crippen LogP contribution in [0.1, 0.15) is 32.1 Å². The third kappa shape index (κ3) is 4.78. The van der Waals surface area contributed by atoms with Gasteiger partial charge in [0, 0.05) is 38.7 Å². The highest BCUT2D eigenvalue weighted by Gasteiger charge is 2.26. The first kappa shape index (κ1) is 19.9. The molecule has 0 radical (unpaired) electrons. The molecule has 1 amide bonds. The number of para-hydroxylation sites is 1. The van der Waals surface area contributed by atoms with Crippen molar-refractivity contribution in [2.45, 2.75) is 38.1 Å². The zero-order chi connectivity index (χ0) is 20.2. The third-order valence-corrected chi connectivity index (χ3v) is 6.05. The maximum absolute atomic E-state index is 12.2. The zero-order valence-electron chi connectivity index (χ0n) is 17.4. The van der Waals surface area contributed by atoms with Gasteiger partial charge in [-0.05, 0) is 50.2 Å². The lowest BCUT2D eigenvalue weighted by molar-refractivity contribution is -0.125. The van der Waals surface area contributed by atoms with Crippen molar-refractivity contribution in [1.29, 1.82) is 0 Å². The highest BCUT2D eigenvalue weighted by Crippen LogP contribution is 2.28. The third-order valence-electron chi connectivity index (χ3n) is 6.05. The van der Waals surface area contributed by atoms with Gasteiger partial charge in [0.05, 0.1) is 18.0 Å². The van der Waals surface area contributed by atoms with Gasteiger partial charge in [0.1, 0.15) is 5.82 Å². The first-order chi connectivity index (χ1) is 14.1. The molecule has 1 aromatic heterocycles. The molecule has 1 unspecified atom stereocenters. The lowest BCUT2D eigenvalue weighted by Crippen LogP contribution is -2.37. The molecule has 1 aromatic carbocycles. The van der Waals surface area contributed by atoms with E-state index in [0.717, 1.165) is 55.4 Å². The minimum absolute atomic E-state index is 0.0453. The first-order valence-electron chi connectivity index (χ1n) is 10.7. The summed E-state index contributed by atoms with van der Waals surface area (Å²) in [6.45, 7) is 2.06. The standard InChI is InChI=1S/C22H31N5O2/c1-27(2)20-18-5-3-4-6-19(18)25-22(26-20)24-17-9-7-15(8-10-17)13-23-21(28)16-11-12-29-14-16/h3-6,15-17H,7-14H2,1-2H3,(H,23,28)(H,24,25,26)/t15-,16?,17+. The Bertz CT molecular complexity index is 842. The van der Waals surface area contributed by atoms with Crippen molar-refractivity contribution in [3.8, 4) is 0 Å². The van der Waals surface area contributed by atoms with Gasteiger partial charge in [0.15, 0.2) is 0 Å². The van der Waals surface area contributed by atoms with Crippen molar-refractivity contribution in [2.24, 2.45) is 11.8 Å². The molecule has 7 nitrogen and oxygen atoms in total. The molecule has 1 atom stereocenters. The van der Waals surface area contributed by atoms with Crippen LogP contribution in [0.4, 0.5) is 11.8 Å². The monoisotopic (exact) mass is 397 g/mol. The summed E-state index contributed by atoms with van der Waals surface area (Å²) in [5, 5.41) is 7.74. The van der Waals surface area contributed by atoms with Crippen molar-refractivity contribution in [3.63, 3.8) is 0 Å². The fourth-order valence-electron chi connectivity index (χ4n) is 4.29. The van der Waals surface area contributed by atoms with Gasteiger partial charge >= 0.3 is 0 Å². The second-order valence-corrected chi connectivity index (χ2v) is 8.45. The minimum atomic E-state index is 0.0453. The van der Waals surface area contributed by atoms with E-state index in [1.165, 1.54) is 0 Å². The average Bonchev–Trinajstić information content (AvgIpc) is 3.27. The van der Waals surface area contributed by atoms with E-state index in [4.69, 9.17) is 14.7 Å². The quantitative estimate of drug-likeness (QED) is 0.780. The molecule has 2 aliphatic rings. The second kappa shape index (κ2) is 8.95. The molecule has 29 heavy (non-hydrogen) atoms. The lowest BCUT2D eigenvalue weighted by atomic mass is 9.86. The van der Waals surface area contributed by atoms with Gasteiger partial charge in [-0.1, -0.05) is 12.1 Å². The number of carbonyl (C=O) groups is 1. The van der Waals surface area contributed by atoms with E-state index in [1.54, 1.807) is 0 Å². The van der Waals surface area contributed by atoms with Crippen LogP contribution in [0.25, 0.3) is 10.9 Å². The normalized spacial score (nSPS) is 24.4. The fraction of sp³-hybridized carbons (Fsp3) is 0.591. The number of rotatable bonds is 6. The summed E-state index contributed by atoms with van der Waals surface area (Å²) in [6, 6.07) is 8.50. The number of ether oxygens (including phenoxy) is 1. The Hall–Kier alpha value is -2.41. The number of nitrogens with zero attached hydrogens (tertiary/aromatic N) is 3. The predicted molar refractivity (Wildman–Crippen MR) is 115 cm³/mol. The summed E-state index contributed by atoms with van der Waals surface area (Å²) in [5.74, 6) is 2.39. The molecule has 0 spiro atoms. The van der Waals surface area contributed by atoms with Crippen LogP contribution in [0.3, 0.4) is 0 Å². The van der Waals surface area contributed by atoms with Crippen LogP contribution in [0.15, 0.2) is 24.3 Å². The highest BCUT2D eigenvalue weighted by atomic mass is 16.5. The molecule has 1 saturated heterocycles. The van der Waals surface area contributed by atoms with E-state index < -0.39 is 0 Å². The van der Waals surface area contributed by atoms with E-state index in [9.17, 15) is 4.79 Å². The maximum Gasteiger partial charge on any atom is 0.225 e. The number of anilines is 2. The molecule has 2 fully saturated rings. The van der Waals surface area contributed by atoms with Gasteiger partial charge in [-0.15, -0.1) is 0 Å². The highest BCUT2D eigenvalue weighted by molar-refractivity contribution is 5.90. The minimum Gasteiger partial charge on any atom is -0.381 e. The molecular weight excluding hydrogens is 366 g/mol. The van der Waals surface area contributed by atoms with E-state index in [1.807, 2.05) is 37.2 Å². The Kier molecular flexibility index (Phi) is 6.13. The van der Waals surface area contributed by atoms with Gasteiger partial charge in [0.25, 0.3) is 0 Å². The molecule has 7 heteroatoms. The molecule has 0 bridgehead atoms. The predicted octanol–water partition coefficient (Wildman–Crippen LogP) is 2.82. The number of benzene rings is 1. The van der Waals surface area contributed by atoms with Gasteiger partial charge in [0.2, 0.25) is 11.9 Å². The van der Waals surface area contributed by atoms with Crippen molar-refractivity contribution in [1.82, 2.24) is 15.3 Å². The molecule has 2 aromatic rings. The Balaban J connectivity index is 1.31. The molecule has 4 rings (SSSR count). The summed E-state index contributed by atoms with van der Waals surface area (Å²) < 4.78 is 5.31. The second-order valence-electron chi connectivity index (χ2n) is 8.45. The van der Waals surface area contributed by atoms with Crippen LogP contribution in [0.2, 0.25) is 0 Å². The number of amides is 1. The average molecular weight is 398 g/mol. The van der Waals surface area contributed by atoms with Gasteiger partial charge in [-0.25, -0.2) is 4.98 Å². The van der Waals surface area contributed by atoms with Crippen molar-refractivity contribution in [2.75, 3.05) is 44.1 Å². The molecule has 1 saturated carbocycles. The fourth-order valence-corrected chi connectivity index (χ4v) is 4.29. The van der Waals surface area contributed by atoms with E-state index in [-0.39, 0.29) is 11.8 Å². The summed E-state index contributed by atoms with van der Waals surface area (Å²) in [7, 11) is 4.02. The number of carbonyl (C=O) groups excluding carboxylic acids is 1. The Labute approximate surface area is 172 Å². The number of fused-ring (bicyclic) bond motifs is 1. The number of hydrogen-bond acceptors (Lipinski definition) is 6. The number of nitrogens with one attached hydrogen (secondary N) is 2. The van der Waals surface area contributed by atoms with Crippen molar-refractivity contribution in [3.05, 3.63) is 24.3 Å². The van der Waals surface area contributed by atoms with Crippen LogP contribution >= 0.6 is 0 Å². The van der Waals surface area contributed by atoms with E-state index in [2.05, 4.69) is 16.7 Å². The molecule has 2 heterocycles. The summed E-state index contributed by atoms with van der Waals surface area (Å²) >= 11 is 0. The van der Waals surface area contributed by atoms with Crippen LogP contribution in [-0.2, 0) is 9.53 Å². The Morgan fingerprint density at radius 1 is 1.14 bits per heavy atom. The zero-order valence-corrected chi connectivity index (χ0v) is 17.4. The van der Waals surface area contributed by atoms with Crippen LogP contribution in [-0.4, -0.2) is 55.8 Å². The Morgan fingerprint density at radius 3 is 2.66 bits per heavy atom. The van der Waals surface area contributed by atoms with Crippen LogP contribution in [0.5, 0.6) is 0 Å². The van der Waals surface area contributed by atoms with Crippen molar-refractivity contribution >= 4 is 28.6 Å². The molecule has 2 N–H and O–H groups in total. The molecule has 1 aliphatic carbocycles. The van der Waals surface area contributed by atoms with Crippen LogP contribution in [0, 0.1) is 11.8 Å². The topological polar surface area (TPSA) is 79.4 Å². The largest absolute Gasteiger partial charge is 0.381 e. The van der Waals surface area contributed by atoms with E-state index in [0.29, 0.717) is 31.1 Å². The SMILES string of the molecule is CN(C)c1nc(N[C@H]2CC[C@@H](CNC(=O)C3CCOC3)CC2)nc2ccccc12. The maximum atomic E-state index is 12.2. The van der Waals surface area contributed by atoms with Crippen LogP contribution < -0.4 is 15.5 Å². The number of aromatic nitrogens is 2. The summed E-state index contributed by atoms with van der Waals surface area (Å²) in [5.41, 5.74) is 0.959.